The molecule has 0 radical (unpaired) electrons. The molecular weight excluding hydrogens is 334 g/mol. The topological polar surface area (TPSA) is 68.5 Å². The number of hydrogen-bond donors (Lipinski definition) is 1. The van der Waals surface area contributed by atoms with Gasteiger partial charge in [0.05, 0.1) is 10.7 Å². The monoisotopic (exact) mass is 359 g/mol. The minimum Gasteiger partial charge on any atom is -0.487 e. The van der Waals surface area contributed by atoms with E-state index in [4.69, 9.17) is 10.5 Å². The second-order valence-electron chi connectivity index (χ2n) is 6.60. The third-order valence-electron chi connectivity index (χ3n) is 4.55. The van der Waals surface area contributed by atoms with E-state index in [0.29, 0.717) is 17.9 Å². The summed E-state index contributed by atoms with van der Waals surface area (Å²) in [7, 11) is 0. The molecule has 2 aromatic rings. The third kappa shape index (κ3) is 4.38. The highest BCUT2D eigenvalue weighted by molar-refractivity contribution is 7.09. The number of ether oxygens (including phenoxy) is 1. The maximum atomic E-state index is 12.9. The first-order chi connectivity index (χ1) is 12.0. The van der Waals surface area contributed by atoms with Crippen molar-refractivity contribution >= 4 is 17.2 Å². The number of thiazole rings is 1. The predicted octanol–water partition coefficient (Wildman–Crippen LogP) is 3.37. The molecule has 2 atom stereocenters. The Bertz CT molecular complexity index is 729. The summed E-state index contributed by atoms with van der Waals surface area (Å²) in [6.07, 6.45) is 3.14. The van der Waals surface area contributed by atoms with Gasteiger partial charge in [-0.3, -0.25) is 4.79 Å². The predicted molar refractivity (Wildman–Crippen MR) is 99.9 cm³/mol. The lowest BCUT2D eigenvalue weighted by molar-refractivity contribution is 0.0583. The molecular formula is C19H25N3O2S. The number of carbonyl (C=O) groups excluding carboxylic acids is 1. The van der Waals surface area contributed by atoms with Crippen molar-refractivity contribution in [3.05, 3.63) is 45.9 Å². The number of aryl methyl sites for hydroxylation is 1. The molecule has 2 N–H and O–H groups in total. The number of rotatable bonds is 5. The molecule has 2 unspecified atom stereocenters. The summed E-state index contributed by atoms with van der Waals surface area (Å²) in [6.45, 7) is 5.13. The number of nitrogens with two attached hydrogens (primary N) is 1. The number of hydrogen-bond acceptors (Lipinski definition) is 5. The Morgan fingerprint density at radius 1 is 1.48 bits per heavy atom. The van der Waals surface area contributed by atoms with Crippen LogP contribution in [-0.4, -0.2) is 34.4 Å². The van der Waals surface area contributed by atoms with Crippen molar-refractivity contribution in [1.29, 1.82) is 0 Å². The summed E-state index contributed by atoms with van der Waals surface area (Å²) in [4.78, 5) is 19.3. The van der Waals surface area contributed by atoms with Gasteiger partial charge in [0.2, 0.25) is 0 Å². The van der Waals surface area contributed by atoms with Crippen LogP contribution < -0.4 is 10.5 Å². The molecule has 3 rings (SSSR count). The Morgan fingerprint density at radius 3 is 3.04 bits per heavy atom. The van der Waals surface area contributed by atoms with Gasteiger partial charge in [0.25, 0.3) is 5.91 Å². The molecule has 1 saturated heterocycles. The van der Waals surface area contributed by atoms with E-state index < -0.39 is 0 Å². The van der Waals surface area contributed by atoms with Crippen LogP contribution in [0.1, 0.15) is 47.2 Å². The zero-order valence-corrected chi connectivity index (χ0v) is 15.6. The summed E-state index contributed by atoms with van der Waals surface area (Å²) in [6, 6.07) is 7.48. The highest BCUT2D eigenvalue weighted by Crippen LogP contribution is 2.23. The van der Waals surface area contributed by atoms with Crippen molar-refractivity contribution in [2.24, 2.45) is 5.73 Å². The molecule has 1 aliphatic rings. The molecule has 0 spiro atoms. The molecule has 134 valence electrons. The molecule has 1 aliphatic heterocycles. The fourth-order valence-corrected chi connectivity index (χ4v) is 3.87. The zero-order chi connectivity index (χ0) is 17.8. The Balaban J connectivity index is 1.70. The van der Waals surface area contributed by atoms with Crippen molar-refractivity contribution in [2.45, 2.75) is 51.8 Å². The second-order valence-corrected chi connectivity index (χ2v) is 7.66. The molecule has 1 amide bonds. The molecule has 0 aliphatic carbocycles. The summed E-state index contributed by atoms with van der Waals surface area (Å²) in [5.74, 6) is 0.725. The quantitative estimate of drug-likeness (QED) is 0.889. The lowest BCUT2D eigenvalue weighted by atomic mass is 9.96. The first kappa shape index (κ1) is 17.9. The van der Waals surface area contributed by atoms with E-state index in [1.165, 1.54) is 0 Å². The third-order valence-corrected chi connectivity index (χ3v) is 5.37. The standard InChI is InChI=1S/C19H25N3O2S/c1-13(20)18-8-3-4-9-22(18)19(23)15-6-5-7-17(10-15)24-11-16-12-25-14(2)21-16/h5-7,10,12-13,18H,3-4,8-9,11,20H2,1-2H3. The van der Waals surface area contributed by atoms with Gasteiger partial charge in [0, 0.05) is 29.6 Å². The van der Waals surface area contributed by atoms with Gasteiger partial charge in [0.15, 0.2) is 0 Å². The minimum atomic E-state index is -0.0170. The molecule has 1 fully saturated rings. The van der Waals surface area contributed by atoms with Gasteiger partial charge in [-0.1, -0.05) is 6.07 Å². The zero-order valence-electron chi connectivity index (χ0n) is 14.8. The van der Waals surface area contributed by atoms with Crippen molar-refractivity contribution in [3.8, 4) is 5.75 Å². The maximum Gasteiger partial charge on any atom is 0.254 e. The van der Waals surface area contributed by atoms with Crippen LogP contribution in [-0.2, 0) is 6.61 Å². The Kier molecular flexibility index (Phi) is 5.71. The van der Waals surface area contributed by atoms with Crippen LogP contribution in [0.4, 0.5) is 0 Å². The Morgan fingerprint density at radius 2 is 2.32 bits per heavy atom. The van der Waals surface area contributed by atoms with Crippen LogP contribution in [0.15, 0.2) is 29.6 Å². The van der Waals surface area contributed by atoms with Crippen molar-refractivity contribution in [3.63, 3.8) is 0 Å². The first-order valence-electron chi connectivity index (χ1n) is 8.75. The van der Waals surface area contributed by atoms with Gasteiger partial charge < -0.3 is 15.4 Å². The Labute approximate surface area is 152 Å². The maximum absolute atomic E-state index is 12.9. The molecule has 25 heavy (non-hydrogen) atoms. The van der Waals surface area contributed by atoms with Crippen molar-refractivity contribution < 1.29 is 9.53 Å². The van der Waals surface area contributed by atoms with E-state index in [2.05, 4.69) is 4.98 Å². The largest absolute Gasteiger partial charge is 0.487 e. The van der Waals surface area contributed by atoms with Gasteiger partial charge in [-0.2, -0.15) is 0 Å². The lowest BCUT2D eigenvalue weighted by Crippen LogP contribution is -2.51. The van der Waals surface area contributed by atoms with E-state index in [0.717, 1.165) is 36.5 Å². The molecule has 6 heteroatoms. The molecule has 1 aromatic carbocycles. The highest BCUT2D eigenvalue weighted by Gasteiger charge is 2.29. The van der Waals surface area contributed by atoms with Crippen LogP contribution in [0.25, 0.3) is 0 Å². The summed E-state index contributed by atoms with van der Waals surface area (Å²) in [5, 5.41) is 3.01. The second kappa shape index (κ2) is 7.97. The van der Waals surface area contributed by atoms with E-state index in [1.807, 2.05) is 48.4 Å². The summed E-state index contributed by atoms with van der Waals surface area (Å²) < 4.78 is 5.81. The molecule has 1 aromatic heterocycles. The van der Waals surface area contributed by atoms with Crippen LogP contribution in [0, 0.1) is 6.92 Å². The smallest absolute Gasteiger partial charge is 0.254 e. The number of likely N-dealkylation sites (tertiary alicyclic amines) is 1. The fraction of sp³-hybridized carbons (Fsp3) is 0.474. The van der Waals surface area contributed by atoms with Gasteiger partial charge in [0.1, 0.15) is 12.4 Å². The molecule has 0 bridgehead atoms. The SMILES string of the molecule is Cc1nc(COc2cccc(C(=O)N3CCCCC3C(C)N)c2)cs1. The van der Waals surface area contributed by atoms with E-state index in [9.17, 15) is 4.79 Å². The van der Waals surface area contributed by atoms with Crippen LogP contribution in [0.5, 0.6) is 5.75 Å². The van der Waals surface area contributed by atoms with Crippen molar-refractivity contribution in [2.75, 3.05) is 6.54 Å². The lowest BCUT2D eigenvalue weighted by Gasteiger charge is -2.38. The molecule has 2 heterocycles. The average molecular weight is 359 g/mol. The normalized spacial score (nSPS) is 18.8. The summed E-state index contributed by atoms with van der Waals surface area (Å²) in [5.41, 5.74) is 7.65. The molecule has 5 nitrogen and oxygen atoms in total. The number of nitrogens with zero attached hydrogens (tertiary/aromatic N) is 2. The number of amides is 1. The van der Waals surface area contributed by atoms with Crippen LogP contribution in [0.3, 0.4) is 0 Å². The van der Waals surface area contributed by atoms with E-state index in [-0.39, 0.29) is 18.0 Å². The number of aromatic nitrogens is 1. The number of benzene rings is 1. The average Bonchev–Trinajstić information content (AvgIpc) is 3.05. The van der Waals surface area contributed by atoms with E-state index in [1.54, 1.807) is 11.3 Å². The summed E-state index contributed by atoms with van der Waals surface area (Å²) >= 11 is 1.61. The minimum absolute atomic E-state index is 0.0170. The van der Waals surface area contributed by atoms with Gasteiger partial charge in [-0.25, -0.2) is 4.98 Å². The highest BCUT2D eigenvalue weighted by atomic mass is 32.1. The van der Waals surface area contributed by atoms with Gasteiger partial charge in [-0.05, 0) is 51.3 Å². The number of carbonyl (C=O) groups is 1. The molecule has 0 saturated carbocycles. The van der Waals surface area contributed by atoms with Gasteiger partial charge in [-0.15, -0.1) is 11.3 Å². The Hall–Kier alpha value is -1.92. The van der Waals surface area contributed by atoms with Crippen LogP contribution >= 0.6 is 11.3 Å². The first-order valence-corrected chi connectivity index (χ1v) is 9.63. The van der Waals surface area contributed by atoms with Crippen molar-refractivity contribution in [1.82, 2.24) is 9.88 Å². The fourth-order valence-electron chi connectivity index (χ4n) is 3.27. The number of piperidine rings is 1. The van der Waals surface area contributed by atoms with Gasteiger partial charge >= 0.3 is 0 Å². The van der Waals surface area contributed by atoms with Crippen LogP contribution in [0.2, 0.25) is 0 Å². The van der Waals surface area contributed by atoms with E-state index >= 15 is 0 Å².